The number of carbonyl (C=O) groups is 2. The smallest absolute Gasteiger partial charge is 0.227 e. The number of carbonyl (C=O) groups excluding carboxylic acids is 2. The molecule has 29 heavy (non-hydrogen) atoms. The van der Waals surface area contributed by atoms with Crippen molar-refractivity contribution in [2.24, 2.45) is 5.92 Å². The van der Waals surface area contributed by atoms with Gasteiger partial charge in [-0.15, -0.1) is 0 Å². The van der Waals surface area contributed by atoms with Crippen molar-refractivity contribution >= 4 is 17.5 Å². The number of anilines is 1. The van der Waals surface area contributed by atoms with Gasteiger partial charge in [0, 0.05) is 41.8 Å². The zero-order chi connectivity index (χ0) is 21.4. The minimum atomic E-state index is -0.350. The molecule has 7 heteroatoms. The van der Waals surface area contributed by atoms with Gasteiger partial charge in [0.25, 0.3) is 0 Å². The summed E-state index contributed by atoms with van der Waals surface area (Å²) in [5, 5.41) is 6.83. The van der Waals surface area contributed by atoms with Crippen molar-refractivity contribution in [3.63, 3.8) is 0 Å². The first-order valence-corrected chi connectivity index (χ1v) is 10.2. The number of amides is 2. The first-order chi connectivity index (χ1) is 13.5. The molecule has 0 aromatic heterocycles. The number of hydrogen-bond donors (Lipinski definition) is 2. The molecule has 0 spiro atoms. The Hall–Kier alpha value is -2.28. The highest BCUT2D eigenvalue weighted by Gasteiger charge is 2.41. The SMILES string of the molecule is COc1ccc(N2C[C@@H](C(=O)NC3CC(C)(C)NC(C)(C)C3)CC2=O)cc1OC. The number of nitrogens with one attached hydrogen (secondary N) is 2. The van der Waals surface area contributed by atoms with E-state index < -0.39 is 0 Å². The summed E-state index contributed by atoms with van der Waals surface area (Å²) in [4.78, 5) is 27.2. The van der Waals surface area contributed by atoms with Gasteiger partial charge in [-0.25, -0.2) is 0 Å². The number of piperidine rings is 1. The molecule has 0 aliphatic carbocycles. The molecule has 1 atom stereocenters. The molecular weight excluding hydrogens is 370 g/mol. The molecule has 2 aliphatic rings. The maximum Gasteiger partial charge on any atom is 0.227 e. The number of benzene rings is 1. The fourth-order valence-corrected chi connectivity index (χ4v) is 4.87. The second-order valence-electron chi connectivity index (χ2n) is 9.45. The van der Waals surface area contributed by atoms with E-state index in [2.05, 4.69) is 38.3 Å². The highest BCUT2D eigenvalue weighted by molar-refractivity contribution is 6.00. The van der Waals surface area contributed by atoms with Gasteiger partial charge in [0.2, 0.25) is 11.8 Å². The van der Waals surface area contributed by atoms with E-state index in [1.165, 1.54) is 0 Å². The molecule has 2 fully saturated rings. The lowest BCUT2D eigenvalue weighted by Crippen LogP contribution is -2.62. The van der Waals surface area contributed by atoms with E-state index in [9.17, 15) is 9.59 Å². The predicted molar refractivity (Wildman–Crippen MR) is 112 cm³/mol. The van der Waals surface area contributed by atoms with Crippen molar-refractivity contribution < 1.29 is 19.1 Å². The van der Waals surface area contributed by atoms with Crippen LogP contribution in [0.3, 0.4) is 0 Å². The van der Waals surface area contributed by atoms with Gasteiger partial charge in [0.15, 0.2) is 11.5 Å². The van der Waals surface area contributed by atoms with Crippen molar-refractivity contribution in [1.82, 2.24) is 10.6 Å². The Morgan fingerprint density at radius 2 is 1.72 bits per heavy atom. The molecule has 3 rings (SSSR count). The quantitative estimate of drug-likeness (QED) is 0.790. The van der Waals surface area contributed by atoms with Gasteiger partial charge in [0.1, 0.15) is 0 Å². The van der Waals surface area contributed by atoms with Crippen LogP contribution >= 0.6 is 0 Å². The largest absolute Gasteiger partial charge is 0.493 e. The van der Waals surface area contributed by atoms with Crippen molar-refractivity contribution in [3.05, 3.63) is 18.2 Å². The molecule has 0 radical (unpaired) electrons. The Morgan fingerprint density at radius 1 is 1.10 bits per heavy atom. The summed E-state index contributed by atoms with van der Waals surface area (Å²) >= 11 is 0. The van der Waals surface area contributed by atoms with Crippen LogP contribution in [-0.2, 0) is 9.59 Å². The summed E-state index contributed by atoms with van der Waals surface area (Å²) in [6.07, 6.45) is 1.95. The van der Waals surface area contributed by atoms with Gasteiger partial charge in [0.05, 0.1) is 20.1 Å². The minimum absolute atomic E-state index is 0.0418. The van der Waals surface area contributed by atoms with Crippen LogP contribution in [0.25, 0.3) is 0 Å². The van der Waals surface area contributed by atoms with E-state index in [0.717, 1.165) is 12.8 Å². The molecule has 0 saturated carbocycles. The average Bonchev–Trinajstić information content (AvgIpc) is 3.00. The van der Waals surface area contributed by atoms with Crippen molar-refractivity contribution in [1.29, 1.82) is 0 Å². The zero-order valence-electron chi connectivity index (χ0n) is 18.3. The van der Waals surface area contributed by atoms with E-state index in [1.807, 2.05) is 6.07 Å². The number of rotatable bonds is 5. The van der Waals surface area contributed by atoms with E-state index in [1.54, 1.807) is 31.3 Å². The maximum absolute atomic E-state index is 12.9. The first kappa shape index (κ1) is 21.4. The standard InChI is InChI=1S/C22H33N3O4/c1-21(2)11-15(12-22(3,4)24-21)23-20(27)14-9-19(26)25(13-14)16-7-8-17(28-5)18(10-16)29-6/h7-8,10,14-15,24H,9,11-13H2,1-6H3,(H,23,27)/t14-/m0/s1. The minimum Gasteiger partial charge on any atom is -0.493 e. The van der Waals surface area contributed by atoms with E-state index in [-0.39, 0.29) is 41.3 Å². The van der Waals surface area contributed by atoms with Crippen LogP contribution in [0.5, 0.6) is 11.5 Å². The Labute approximate surface area is 173 Å². The second kappa shape index (κ2) is 7.86. The number of methoxy groups -OCH3 is 2. The lowest BCUT2D eigenvalue weighted by Gasteiger charge is -2.46. The molecule has 2 amide bonds. The van der Waals surface area contributed by atoms with E-state index in [4.69, 9.17) is 9.47 Å². The molecule has 2 saturated heterocycles. The molecule has 1 aromatic rings. The molecule has 160 valence electrons. The highest BCUT2D eigenvalue weighted by atomic mass is 16.5. The fraction of sp³-hybridized carbons (Fsp3) is 0.636. The Kier molecular flexibility index (Phi) is 5.81. The molecule has 0 bridgehead atoms. The topological polar surface area (TPSA) is 79.9 Å². The van der Waals surface area contributed by atoms with Gasteiger partial charge < -0.3 is 25.0 Å². The van der Waals surface area contributed by atoms with Crippen LogP contribution in [0, 0.1) is 5.92 Å². The van der Waals surface area contributed by atoms with Crippen molar-refractivity contribution in [3.8, 4) is 11.5 Å². The summed E-state index contributed by atoms with van der Waals surface area (Å²) < 4.78 is 10.6. The summed E-state index contributed by atoms with van der Waals surface area (Å²) in [7, 11) is 3.13. The van der Waals surface area contributed by atoms with Crippen LogP contribution in [0.2, 0.25) is 0 Å². The second-order valence-corrected chi connectivity index (χ2v) is 9.45. The van der Waals surface area contributed by atoms with Crippen LogP contribution in [-0.4, -0.2) is 49.7 Å². The van der Waals surface area contributed by atoms with Crippen molar-refractivity contribution in [2.45, 2.75) is 64.1 Å². The summed E-state index contributed by atoms with van der Waals surface area (Å²) in [6.45, 7) is 9.00. The highest BCUT2D eigenvalue weighted by Crippen LogP contribution is 2.34. The van der Waals surface area contributed by atoms with Crippen LogP contribution < -0.4 is 25.0 Å². The molecule has 2 aliphatic heterocycles. The lowest BCUT2D eigenvalue weighted by atomic mass is 9.79. The van der Waals surface area contributed by atoms with Gasteiger partial charge in [-0.3, -0.25) is 9.59 Å². The van der Waals surface area contributed by atoms with Gasteiger partial charge >= 0.3 is 0 Å². The molecule has 0 unspecified atom stereocenters. The van der Waals surface area contributed by atoms with E-state index >= 15 is 0 Å². The zero-order valence-corrected chi connectivity index (χ0v) is 18.3. The summed E-state index contributed by atoms with van der Waals surface area (Å²) in [5.41, 5.74) is 0.625. The van der Waals surface area contributed by atoms with E-state index in [0.29, 0.717) is 23.7 Å². The third kappa shape index (κ3) is 4.83. The monoisotopic (exact) mass is 403 g/mol. The molecular formula is C22H33N3O4. The van der Waals surface area contributed by atoms with Crippen LogP contribution in [0.15, 0.2) is 18.2 Å². The average molecular weight is 404 g/mol. The normalized spacial score (nSPS) is 23.7. The lowest BCUT2D eigenvalue weighted by molar-refractivity contribution is -0.127. The maximum atomic E-state index is 12.9. The number of nitrogens with zero attached hydrogens (tertiary/aromatic N) is 1. The fourth-order valence-electron chi connectivity index (χ4n) is 4.87. The molecule has 1 aromatic carbocycles. The third-order valence-corrected chi connectivity index (χ3v) is 5.71. The Bertz CT molecular complexity index is 774. The Balaban J connectivity index is 1.68. The van der Waals surface area contributed by atoms with Gasteiger partial charge in [-0.2, -0.15) is 0 Å². The molecule has 2 heterocycles. The Morgan fingerprint density at radius 3 is 2.31 bits per heavy atom. The van der Waals surface area contributed by atoms with Crippen LogP contribution in [0.4, 0.5) is 5.69 Å². The number of ether oxygens (including phenoxy) is 2. The summed E-state index contributed by atoms with van der Waals surface area (Å²) in [5.74, 6) is 0.720. The van der Waals surface area contributed by atoms with Crippen LogP contribution in [0.1, 0.15) is 47.0 Å². The summed E-state index contributed by atoms with van der Waals surface area (Å²) in [6, 6.07) is 5.46. The predicted octanol–water partition coefficient (Wildman–Crippen LogP) is 2.48. The van der Waals surface area contributed by atoms with Gasteiger partial charge in [-0.1, -0.05) is 0 Å². The third-order valence-electron chi connectivity index (χ3n) is 5.71. The number of hydrogen-bond acceptors (Lipinski definition) is 5. The van der Waals surface area contributed by atoms with Gasteiger partial charge in [-0.05, 0) is 52.7 Å². The van der Waals surface area contributed by atoms with Crippen molar-refractivity contribution in [2.75, 3.05) is 25.7 Å². The molecule has 7 nitrogen and oxygen atoms in total. The molecule has 2 N–H and O–H groups in total. The first-order valence-electron chi connectivity index (χ1n) is 10.2.